The zero-order chi connectivity index (χ0) is 15.7. The van der Waals surface area contributed by atoms with Crippen LogP contribution in [0.4, 0.5) is 14.6 Å². The van der Waals surface area contributed by atoms with E-state index in [9.17, 15) is 13.9 Å². The number of halogens is 2. The number of nitrogens with zero attached hydrogens (tertiary/aromatic N) is 3. The van der Waals surface area contributed by atoms with E-state index in [0.717, 1.165) is 18.2 Å². The molecule has 1 aromatic carbocycles. The second-order valence-electron chi connectivity index (χ2n) is 5.24. The number of β-amino-alcohol motifs (C(OH)–C–C–N with tert-alkyl or cyclic N) is 1. The zero-order valence-electron chi connectivity index (χ0n) is 11.6. The lowest BCUT2D eigenvalue weighted by atomic mass is 10.0. The third-order valence-corrected chi connectivity index (χ3v) is 3.76. The van der Waals surface area contributed by atoms with Gasteiger partial charge in [-0.1, -0.05) is 0 Å². The van der Waals surface area contributed by atoms with Crippen molar-refractivity contribution in [3.63, 3.8) is 0 Å². The number of hydrogen-bond donors (Lipinski definition) is 1. The first-order chi connectivity index (χ1) is 10.6. The molecule has 0 radical (unpaired) electrons. The van der Waals surface area contributed by atoms with E-state index in [4.69, 9.17) is 5.26 Å². The number of anilines is 1. The molecule has 22 heavy (non-hydrogen) atoms. The van der Waals surface area contributed by atoms with E-state index >= 15 is 0 Å². The number of aliphatic hydroxyl groups excluding tert-OH is 1. The van der Waals surface area contributed by atoms with Gasteiger partial charge in [0.25, 0.3) is 0 Å². The normalized spacial score (nSPS) is 20.9. The van der Waals surface area contributed by atoms with E-state index in [1.165, 1.54) is 6.20 Å². The SMILES string of the molecule is N#Cc1ccnc(N2CC(O)CC2c2cc(F)ccc2F)c1. The van der Waals surface area contributed by atoms with Gasteiger partial charge in [-0.3, -0.25) is 0 Å². The fraction of sp³-hybridized carbons (Fsp3) is 0.250. The molecule has 2 heterocycles. The van der Waals surface area contributed by atoms with E-state index in [-0.39, 0.29) is 18.5 Å². The molecule has 6 heteroatoms. The topological polar surface area (TPSA) is 60.2 Å². The molecule has 1 aromatic heterocycles. The van der Waals surface area contributed by atoms with Crippen molar-refractivity contribution in [3.8, 4) is 6.07 Å². The van der Waals surface area contributed by atoms with Gasteiger partial charge in [0.05, 0.1) is 23.8 Å². The number of nitriles is 1. The largest absolute Gasteiger partial charge is 0.391 e. The Bertz CT molecular complexity index is 744. The molecule has 2 atom stereocenters. The van der Waals surface area contributed by atoms with Gasteiger partial charge in [-0.15, -0.1) is 0 Å². The maximum Gasteiger partial charge on any atom is 0.130 e. The smallest absolute Gasteiger partial charge is 0.130 e. The Kier molecular flexibility index (Phi) is 3.73. The summed E-state index contributed by atoms with van der Waals surface area (Å²) in [5, 5.41) is 18.9. The molecule has 0 aliphatic carbocycles. The van der Waals surface area contributed by atoms with Crippen LogP contribution in [0, 0.1) is 23.0 Å². The van der Waals surface area contributed by atoms with Gasteiger partial charge in [0, 0.05) is 18.3 Å². The second-order valence-corrected chi connectivity index (χ2v) is 5.24. The maximum atomic E-state index is 14.0. The predicted molar refractivity (Wildman–Crippen MR) is 76.0 cm³/mol. The Morgan fingerprint density at radius 1 is 1.27 bits per heavy atom. The van der Waals surface area contributed by atoms with Gasteiger partial charge in [0.15, 0.2) is 0 Å². The molecule has 1 aliphatic rings. The van der Waals surface area contributed by atoms with Crippen molar-refractivity contribution in [2.45, 2.75) is 18.6 Å². The Morgan fingerprint density at radius 2 is 2.09 bits per heavy atom. The van der Waals surface area contributed by atoms with Crippen LogP contribution in [0.25, 0.3) is 0 Å². The standard InChI is InChI=1S/C16H13F2N3O/c17-11-1-2-14(18)13(6-11)15-7-12(22)9-21(15)16-5-10(8-19)3-4-20-16/h1-6,12,15,22H,7,9H2. The van der Waals surface area contributed by atoms with Crippen LogP contribution in [0.15, 0.2) is 36.5 Å². The maximum absolute atomic E-state index is 14.0. The lowest BCUT2D eigenvalue weighted by Gasteiger charge is -2.26. The number of benzene rings is 1. The van der Waals surface area contributed by atoms with Gasteiger partial charge >= 0.3 is 0 Å². The average molecular weight is 301 g/mol. The summed E-state index contributed by atoms with van der Waals surface area (Å²) in [6.45, 7) is 0.252. The molecule has 0 spiro atoms. The molecule has 0 bridgehead atoms. The lowest BCUT2D eigenvalue weighted by Crippen LogP contribution is -2.25. The first-order valence-electron chi connectivity index (χ1n) is 6.84. The molecule has 3 rings (SSSR count). The molecule has 1 fully saturated rings. The van der Waals surface area contributed by atoms with E-state index < -0.39 is 23.8 Å². The highest BCUT2D eigenvalue weighted by Gasteiger charge is 2.34. The molecular weight excluding hydrogens is 288 g/mol. The summed E-state index contributed by atoms with van der Waals surface area (Å²) in [4.78, 5) is 5.88. The fourth-order valence-corrected chi connectivity index (χ4v) is 2.78. The molecule has 0 saturated carbocycles. The summed E-state index contributed by atoms with van der Waals surface area (Å²) < 4.78 is 27.5. The van der Waals surface area contributed by atoms with Crippen molar-refractivity contribution >= 4 is 5.82 Å². The van der Waals surface area contributed by atoms with Crippen LogP contribution in [0.1, 0.15) is 23.6 Å². The molecule has 112 valence electrons. The molecule has 1 aliphatic heterocycles. The van der Waals surface area contributed by atoms with Crippen LogP contribution in [-0.2, 0) is 0 Å². The Hall–Kier alpha value is -2.52. The van der Waals surface area contributed by atoms with Crippen molar-refractivity contribution in [3.05, 3.63) is 59.3 Å². The lowest BCUT2D eigenvalue weighted by molar-refractivity contribution is 0.194. The Morgan fingerprint density at radius 3 is 2.86 bits per heavy atom. The minimum atomic E-state index is -0.666. The Balaban J connectivity index is 2.02. The molecule has 2 aromatic rings. The Labute approximate surface area is 126 Å². The van der Waals surface area contributed by atoms with Crippen molar-refractivity contribution in [1.82, 2.24) is 4.98 Å². The number of pyridine rings is 1. The predicted octanol–water partition coefficient (Wildman–Crippen LogP) is 2.54. The molecule has 1 N–H and O–H groups in total. The quantitative estimate of drug-likeness (QED) is 0.926. The van der Waals surface area contributed by atoms with Gasteiger partial charge in [-0.2, -0.15) is 5.26 Å². The third kappa shape index (κ3) is 2.63. The van der Waals surface area contributed by atoms with Crippen LogP contribution in [0.3, 0.4) is 0 Å². The minimum Gasteiger partial charge on any atom is -0.391 e. The van der Waals surface area contributed by atoms with E-state index in [2.05, 4.69) is 4.98 Å². The van der Waals surface area contributed by atoms with Crippen molar-refractivity contribution < 1.29 is 13.9 Å². The zero-order valence-corrected chi connectivity index (χ0v) is 11.6. The van der Waals surface area contributed by atoms with Gasteiger partial charge in [0.2, 0.25) is 0 Å². The molecule has 2 unspecified atom stereocenters. The van der Waals surface area contributed by atoms with Crippen LogP contribution < -0.4 is 4.90 Å². The number of aliphatic hydroxyl groups is 1. The van der Waals surface area contributed by atoms with Crippen LogP contribution in [0.5, 0.6) is 0 Å². The highest BCUT2D eigenvalue weighted by Crippen LogP contribution is 2.36. The summed E-state index contributed by atoms with van der Waals surface area (Å²) in [5.74, 6) is -0.595. The van der Waals surface area contributed by atoms with E-state index in [1.54, 1.807) is 17.0 Å². The van der Waals surface area contributed by atoms with Gasteiger partial charge < -0.3 is 10.0 Å². The summed E-state index contributed by atoms with van der Waals surface area (Å²) in [7, 11) is 0. The summed E-state index contributed by atoms with van der Waals surface area (Å²) in [6, 6.07) is 7.90. The van der Waals surface area contributed by atoms with Crippen molar-refractivity contribution in [2.75, 3.05) is 11.4 Å². The molecule has 0 amide bonds. The van der Waals surface area contributed by atoms with Gasteiger partial charge in [-0.25, -0.2) is 13.8 Å². The number of aromatic nitrogens is 1. The first-order valence-corrected chi connectivity index (χ1v) is 6.84. The number of rotatable bonds is 2. The van der Waals surface area contributed by atoms with Crippen LogP contribution in [-0.4, -0.2) is 22.7 Å². The first kappa shape index (κ1) is 14.4. The second kappa shape index (κ2) is 5.70. The van der Waals surface area contributed by atoms with Gasteiger partial charge in [0.1, 0.15) is 17.5 Å². The third-order valence-electron chi connectivity index (χ3n) is 3.76. The van der Waals surface area contributed by atoms with E-state index in [0.29, 0.717) is 11.4 Å². The summed E-state index contributed by atoms with van der Waals surface area (Å²) in [6.07, 6.45) is 1.09. The summed E-state index contributed by atoms with van der Waals surface area (Å²) >= 11 is 0. The highest BCUT2D eigenvalue weighted by molar-refractivity contribution is 5.49. The molecule has 4 nitrogen and oxygen atoms in total. The average Bonchev–Trinajstić information content (AvgIpc) is 2.91. The van der Waals surface area contributed by atoms with Crippen molar-refractivity contribution in [1.29, 1.82) is 5.26 Å². The van der Waals surface area contributed by atoms with Crippen LogP contribution >= 0.6 is 0 Å². The van der Waals surface area contributed by atoms with Crippen LogP contribution in [0.2, 0.25) is 0 Å². The van der Waals surface area contributed by atoms with E-state index in [1.807, 2.05) is 6.07 Å². The minimum absolute atomic E-state index is 0.181. The van der Waals surface area contributed by atoms with Crippen molar-refractivity contribution in [2.24, 2.45) is 0 Å². The highest BCUT2D eigenvalue weighted by atomic mass is 19.1. The fourth-order valence-electron chi connectivity index (χ4n) is 2.78. The summed E-state index contributed by atoms with van der Waals surface area (Å²) in [5.41, 5.74) is 0.602. The molecular formula is C16H13F2N3O. The monoisotopic (exact) mass is 301 g/mol. The van der Waals surface area contributed by atoms with Gasteiger partial charge in [-0.05, 0) is 36.8 Å². The number of hydrogen-bond acceptors (Lipinski definition) is 4. The molecule has 1 saturated heterocycles.